The summed E-state index contributed by atoms with van der Waals surface area (Å²) in [7, 11) is 0. The van der Waals surface area contributed by atoms with Crippen LogP contribution in [-0.4, -0.2) is 32.1 Å². The number of aromatic amines is 1. The number of thioether (sulfide) groups is 1. The van der Waals surface area contributed by atoms with Crippen LogP contribution in [0.3, 0.4) is 0 Å². The van der Waals surface area contributed by atoms with Crippen LogP contribution in [0.15, 0.2) is 47.5 Å². The van der Waals surface area contributed by atoms with Gasteiger partial charge in [-0.2, -0.15) is 0 Å². The average molecular weight is 392 g/mol. The van der Waals surface area contributed by atoms with Gasteiger partial charge >= 0.3 is 0 Å². The van der Waals surface area contributed by atoms with Crippen LogP contribution in [0.2, 0.25) is 0 Å². The van der Waals surface area contributed by atoms with E-state index in [4.69, 9.17) is 0 Å². The molecule has 1 aromatic heterocycles. The van der Waals surface area contributed by atoms with Crippen molar-refractivity contribution >= 4 is 45.3 Å². The van der Waals surface area contributed by atoms with Crippen molar-refractivity contribution in [2.24, 2.45) is 4.99 Å². The van der Waals surface area contributed by atoms with E-state index in [2.05, 4.69) is 20.3 Å². The van der Waals surface area contributed by atoms with Crippen LogP contribution in [0.1, 0.15) is 23.4 Å². The Morgan fingerprint density at radius 1 is 1.14 bits per heavy atom. The zero-order valence-electron chi connectivity index (χ0n) is 15.7. The normalized spacial score (nSPS) is 16.4. The zero-order chi connectivity index (χ0) is 19.7. The minimum Gasteiger partial charge on any atom is -0.342 e. The molecule has 1 atom stereocenters. The fraction of sp³-hybridized carbons (Fsp3) is 0.238. The summed E-state index contributed by atoms with van der Waals surface area (Å²) in [6.07, 6.45) is 0.560. The van der Waals surface area contributed by atoms with Gasteiger partial charge in [0.1, 0.15) is 11.1 Å². The highest BCUT2D eigenvalue weighted by Gasteiger charge is 2.31. The van der Waals surface area contributed by atoms with Crippen molar-refractivity contribution in [3.05, 3.63) is 59.4 Å². The van der Waals surface area contributed by atoms with E-state index in [1.165, 1.54) is 11.8 Å². The highest BCUT2D eigenvalue weighted by atomic mass is 32.2. The zero-order valence-corrected chi connectivity index (χ0v) is 16.5. The van der Waals surface area contributed by atoms with Crippen LogP contribution in [0, 0.1) is 13.8 Å². The van der Waals surface area contributed by atoms with Gasteiger partial charge in [0.15, 0.2) is 0 Å². The van der Waals surface area contributed by atoms with Gasteiger partial charge in [-0.05, 0) is 37.1 Å². The summed E-state index contributed by atoms with van der Waals surface area (Å²) in [4.78, 5) is 36.6. The van der Waals surface area contributed by atoms with Gasteiger partial charge in [-0.3, -0.25) is 9.59 Å². The third-order valence-electron chi connectivity index (χ3n) is 4.66. The molecule has 4 rings (SSSR count). The van der Waals surface area contributed by atoms with E-state index in [0.29, 0.717) is 11.5 Å². The highest BCUT2D eigenvalue weighted by Crippen LogP contribution is 2.28. The minimum absolute atomic E-state index is 0.102. The molecule has 2 heterocycles. The predicted molar refractivity (Wildman–Crippen MR) is 113 cm³/mol. The number of para-hydroxylation sites is 3. The number of aromatic nitrogens is 2. The van der Waals surface area contributed by atoms with Crippen molar-refractivity contribution in [3.63, 3.8) is 0 Å². The van der Waals surface area contributed by atoms with Crippen LogP contribution >= 0.6 is 11.8 Å². The first-order chi connectivity index (χ1) is 13.5. The molecular weight excluding hydrogens is 372 g/mol. The molecule has 0 saturated carbocycles. The molecule has 0 fully saturated rings. The van der Waals surface area contributed by atoms with Crippen LogP contribution < -0.4 is 5.32 Å². The van der Waals surface area contributed by atoms with Gasteiger partial charge in [0, 0.05) is 12.1 Å². The second kappa shape index (κ2) is 7.59. The lowest BCUT2D eigenvalue weighted by Crippen LogP contribution is -2.22. The number of carbonyl (C=O) groups excluding carboxylic acids is 2. The number of nitrogens with one attached hydrogen (secondary N) is 2. The number of aliphatic imine (C=N–C) groups is 1. The van der Waals surface area contributed by atoms with Crippen LogP contribution in [-0.2, 0) is 16.0 Å². The largest absolute Gasteiger partial charge is 0.342 e. The maximum Gasteiger partial charge on any atom is 0.260 e. The Labute approximate surface area is 166 Å². The Morgan fingerprint density at radius 2 is 1.89 bits per heavy atom. The van der Waals surface area contributed by atoms with Crippen molar-refractivity contribution in [1.29, 1.82) is 0 Å². The summed E-state index contributed by atoms with van der Waals surface area (Å²) >= 11 is 1.35. The van der Waals surface area contributed by atoms with Crippen LogP contribution in [0.4, 0.5) is 5.69 Å². The third-order valence-corrected chi connectivity index (χ3v) is 5.82. The summed E-state index contributed by atoms with van der Waals surface area (Å²) < 4.78 is 0. The van der Waals surface area contributed by atoms with E-state index in [-0.39, 0.29) is 18.2 Å². The van der Waals surface area contributed by atoms with E-state index >= 15 is 0 Å². The maximum atomic E-state index is 12.5. The Morgan fingerprint density at radius 3 is 2.64 bits per heavy atom. The van der Waals surface area contributed by atoms with Gasteiger partial charge in [-0.25, -0.2) is 9.98 Å². The number of hydrogen-bond acceptors (Lipinski definition) is 4. The number of amides is 2. The first kappa shape index (κ1) is 18.4. The maximum absolute atomic E-state index is 12.5. The van der Waals surface area contributed by atoms with Gasteiger partial charge in [0.2, 0.25) is 5.91 Å². The van der Waals surface area contributed by atoms with E-state index in [0.717, 1.165) is 33.7 Å². The van der Waals surface area contributed by atoms with Crippen LogP contribution in [0.25, 0.3) is 11.0 Å². The summed E-state index contributed by atoms with van der Waals surface area (Å²) in [5.74, 6) is 0.331. The Kier molecular flexibility index (Phi) is 5.00. The number of anilines is 1. The first-order valence-electron chi connectivity index (χ1n) is 9.07. The fourth-order valence-electron chi connectivity index (χ4n) is 3.25. The molecular formula is C21H20N4O2S. The first-order valence-corrected chi connectivity index (χ1v) is 9.95. The molecule has 1 aliphatic heterocycles. The van der Waals surface area contributed by atoms with E-state index in [9.17, 15) is 9.59 Å². The topological polar surface area (TPSA) is 87.2 Å². The molecule has 0 radical (unpaired) electrons. The second-order valence-corrected chi connectivity index (χ2v) is 8.12. The van der Waals surface area contributed by atoms with E-state index in [1.807, 2.05) is 56.3 Å². The third kappa shape index (κ3) is 3.84. The Hall–Kier alpha value is -2.93. The highest BCUT2D eigenvalue weighted by molar-refractivity contribution is 8.15. The molecule has 28 heavy (non-hydrogen) atoms. The number of H-pyrrole nitrogens is 1. The summed E-state index contributed by atoms with van der Waals surface area (Å²) in [5.41, 5.74) is 4.65. The van der Waals surface area contributed by atoms with Crippen molar-refractivity contribution in [3.8, 4) is 0 Å². The molecule has 0 saturated heterocycles. The van der Waals surface area contributed by atoms with Gasteiger partial charge in [-0.15, -0.1) is 0 Å². The SMILES string of the molecule is Cc1cccc(C)c1NC(=O)C[C@H]1SC(Cc2nc3ccccc3[nH]2)=NC1=O. The van der Waals surface area contributed by atoms with Crippen LogP contribution in [0.5, 0.6) is 0 Å². The molecule has 142 valence electrons. The van der Waals surface area contributed by atoms with Crippen molar-refractivity contribution in [2.75, 3.05) is 5.32 Å². The van der Waals surface area contributed by atoms with Gasteiger partial charge in [-0.1, -0.05) is 42.1 Å². The monoisotopic (exact) mass is 392 g/mol. The lowest BCUT2D eigenvalue weighted by atomic mass is 10.1. The molecule has 0 unspecified atom stereocenters. The molecule has 2 amide bonds. The molecule has 2 N–H and O–H groups in total. The number of fused-ring (bicyclic) bond motifs is 1. The molecule has 1 aliphatic rings. The molecule has 6 nitrogen and oxygen atoms in total. The summed E-state index contributed by atoms with van der Waals surface area (Å²) in [6, 6.07) is 13.6. The number of rotatable bonds is 5. The average Bonchev–Trinajstić information content (AvgIpc) is 3.21. The van der Waals surface area contributed by atoms with E-state index in [1.54, 1.807) is 0 Å². The number of aryl methyl sites for hydroxylation is 2. The van der Waals surface area contributed by atoms with Crippen molar-refractivity contribution in [1.82, 2.24) is 9.97 Å². The number of hydrogen-bond donors (Lipinski definition) is 2. The molecule has 3 aromatic rings. The lowest BCUT2D eigenvalue weighted by molar-refractivity contribution is -0.121. The smallest absolute Gasteiger partial charge is 0.260 e. The Balaban J connectivity index is 1.38. The molecule has 0 bridgehead atoms. The molecule has 0 spiro atoms. The number of carbonyl (C=O) groups is 2. The fourth-order valence-corrected chi connectivity index (χ4v) is 4.33. The quantitative estimate of drug-likeness (QED) is 0.691. The number of nitrogens with zero attached hydrogens (tertiary/aromatic N) is 2. The Bertz CT molecular complexity index is 1050. The standard InChI is InChI=1S/C21H20N4O2S/c1-12-6-5-7-13(2)20(12)24-18(26)10-16-21(27)25-19(28-16)11-17-22-14-8-3-4-9-15(14)23-17/h3-9,16H,10-11H2,1-2H3,(H,22,23)(H,24,26)/t16-/m1/s1. The number of imidazole rings is 1. The van der Waals surface area contributed by atoms with Gasteiger partial charge < -0.3 is 10.3 Å². The van der Waals surface area contributed by atoms with Crippen molar-refractivity contribution in [2.45, 2.75) is 31.9 Å². The second-order valence-electron chi connectivity index (χ2n) is 6.85. The molecule has 7 heteroatoms. The van der Waals surface area contributed by atoms with Gasteiger partial charge in [0.25, 0.3) is 5.91 Å². The summed E-state index contributed by atoms with van der Waals surface area (Å²) in [5, 5.41) is 3.14. The molecule has 2 aromatic carbocycles. The van der Waals surface area contributed by atoms with E-state index < -0.39 is 5.25 Å². The van der Waals surface area contributed by atoms with Crippen molar-refractivity contribution < 1.29 is 9.59 Å². The molecule has 0 aliphatic carbocycles. The summed E-state index contributed by atoms with van der Waals surface area (Å²) in [6.45, 7) is 3.90. The minimum atomic E-state index is -0.483. The predicted octanol–water partition coefficient (Wildman–Crippen LogP) is 3.79. The lowest BCUT2D eigenvalue weighted by Gasteiger charge is -2.12. The van der Waals surface area contributed by atoms with Gasteiger partial charge in [0.05, 0.1) is 22.5 Å². The number of benzene rings is 2.